The summed E-state index contributed by atoms with van der Waals surface area (Å²) in [5.41, 5.74) is -0.900. The van der Waals surface area contributed by atoms with Crippen LogP contribution in [0.1, 0.15) is 113 Å². The predicted octanol–water partition coefficient (Wildman–Crippen LogP) is 0.872. The van der Waals surface area contributed by atoms with Gasteiger partial charge in [0.05, 0.1) is 24.7 Å². The van der Waals surface area contributed by atoms with Crippen molar-refractivity contribution in [3.8, 4) is 0 Å². The van der Waals surface area contributed by atoms with Gasteiger partial charge in [0.15, 0.2) is 18.7 Å². The lowest BCUT2D eigenvalue weighted by Crippen LogP contribution is -2.67. The standard InChI is InChI=1S/C47H74O18/c1-42(2)14-16-47(41(59)65-39-34(56)30(52)29(51)24(19-48)61-39)17-15-45(6)21(22(47)18-42)8-9-26-44(5)12-11-27(43(3,4)25(44)10-13-46(26,45)7)62-40-36(32(54)31(53)35(63-40)37(57)58)64-38-33(55)28(50)23(49)20-60-38/h8,22-36,38-40,48-56H,9-20H2,1-7H3,(H,57,58)/t22-,23+,24+,25+,26-,27+,28-,29+,30-,31-,32+,33-,34+,35-,36-,38+,39-,40+,44+,45-,46+,47-/m0/s1. The molecule has 7 fully saturated rings. The molecule has 0 aromatic carbocycles. The molecule has 0 aromatic rings. The average molecular weight is 927 g/mol. The first-order valence-corrected chi connectivity index (χ1v) is 23.7. The Bertz CT molecular complexity index is 1820. The Hall–Kier alpha value is -1.88. The average Bonchev–Trinajstić information content (AvgIpc) is 3.24. The van der Waals surface area contributed by atoms with Crippen LogP contribution in [0.2, 0.25) is 0 Å². The zero-order valence-corrected chi connectivity index (χ0v) is 38.7. The molecule has 0 radical (unpaired) electrons. The molecule has 0 aromatic heterocycles. The highest BCUT2D eigenvalue weighted by Crippen LogP contribution is 2.76. The lowest BCUT2D eigenvalue weighted by Gasteiger charge is -2.71. The largest absolute Gasteiger partial charge is 0.479 e. The van der Waals surface area contributed by atoms with Crippen molar-refractivity contribution in [2.75, 3.05) is 13.2 Å². The van der Waals surface area contributed by atoms with Gasteiger partial charge in [-0.1, -0.05) is 60.1 Å². The third-order valence-electron chi connectivity index (χ3n) is 18.9. The Balaban J connectivity index is 1.05. The number of rotatable bonds is 8. The van der Waals surface area contributed by atoms with Gasteiger partial charge in [0.25, 0.3) is 0 Å². The second-order valence-corrected chi connectivity index (χ2v) is 23.1. The molecule has 18 nitrogen and oxygen atoms in total. The van der Waals surface area contributed by atoms with Gasteiger partial charge < -0.3 is 79.5 Å². The summed E-state index contributed by atoms with van der Waals surface area (Å²) < 4.78 is 35.5. The Morgan fingerprint density at radius 3 is 2.06 bits per heavy atom. The molecule has 8 aliphatic rings. The van der Waals surface area contributed by atoms with E-state index in [2.05, 4.69) is 54.5 Å². The topological polar surface area (TPSA) is 292 Å². The first kappa shape index (κ1) is 49.5. The Morgan fingerprint density at radius 1 is 0.708 bits per heavy atom. The number of allylic oxidation sites excluding steroid dienone is 2. The highest BCUT2D eigenvalue weighted by Gasteiger charge is 2.70. The molecule has 0 bridgehead atoms. The highest BCUT2D eigenvalue weighted by molar-refractivity contribution is 5.79. The molecule has 8 rings (SSSR count). The van der Waals surface area contributed by atoms with E-state index in [4.69, 9.17) is 28.4 Å². The molecular formula is C47H74O18. The van der Waals surface area contributed by atoms with Crippen LogP contribution in [0.25, 0.3) is 0 Å². The van der Waals surface area contributed by atoms with Gasteiger partial charge in [0.2, 0.25) is 6.29 Å². The number of aliphatic hydroxyl groups is 9. The number of hydrogen-bond donors (Lipinski definition) is 10. The molecule has 10 N–H and O–H groups in total. The molecule has 18 heteroatoms. The van der Waals surface area contributed by atoms with Gasteiger partial charge in [-0.15, -0.1) is 0 Å². The number of fused-ring (bicyclic) bond motifs is 7. The maximum absolute atomic E-state index is 14.7. The summed E-state index contributed by atoms with van der Waals surface area (Å²) >= 11 is 0. The quantitative estimate of drug-likeness (QED) is 0.0918. The second kappa shape index (κ2) is 17.2. The normalized spacial score (nSPS) is 52.7. The van der Waals surface area contributed by atoms with Gasteiger partial charge >= 0.3 is 11.9 Å². The van der Waals surface area contributed by atoms with E-state index in [0.29, 0.717) is 19.3 Å². The molecule has 3 saturated heterocycles. The highest BCUT2D eigenvalue weighted by atomic mass is 16.8. The van der Waals surface area contributed by atoms with Crippen LogP contribution in [0.4, 0.5) is 0 Å². The monoisotopic (exact) mass is 926 g/mol. The van der Waals surface area contributed by atoms with Crippen molar-refractivity contribution < 1.29 is 89.1 Å². The number of carbonyl (C=O) groups is 2. The minimum absolute atomic E-state index is 0.0713. The number of esters is 1. The van der Waals surface area contributed by atoms with Gasteiger partial charge in [-0.3, -0.25) is 4.79 Å². The molecule has 5 aliphatic carbocycles. The van der Waals surface area contributed by atoms with Crippen LogP contribution in [0.15, 0.2) is 11.6 Å². The molecule has 0 spiro atoms. The SMILES string of the molecule is CC1(C)CC[C@]2(C(=O)O[C@@H]3O[C@H](CO)[C@@H](O)[C@H](O)[C@H]3O)CC[C@@]3(C)C(=CC[C@H]4[C@]5(C)CC[C@@H](O[C@@H]6O[C@H](C(=O)O)[C@@H](O)[C@@H](O)[C@@H]6O[C@H]6OC[C@@H](O)[C@H](O)[C@@H]6O)C(C)(C)[C@H]5CC[C@]43C)[C@@H]2C1. The summed E-state index contributed by atoms with van der Waals surface area (Å²) in [4.78, 5) is 26.9. The first-order chi connectivity index (χ1) is 30.3. The van der Waals surface area contributed by atoms with Gasteiger partial charge in [-0.2, -0.15) is 0 Å². The molecule has 370 valence electrons. The molecule has 4 saturated carbocycles. The fourth-order valence-electron chi connectivity index (χ4n) is 14.7. The minimum Gasteiger partial charge on any atom is -0.479 e. The summed E-state index contributed by atoms with van der Waals surface area (Å²) in [6.07, 6.45) is -13.7. The van der Waals surface area contributed by atoms with E-state index in [9.17, 15) is 60.7 Å². The first-order valence-electron chi connectivity index (χ1n) is 23.7. The third-order valence-corrected chi connectivity index (χ3v) is 18.9. The van der Waals surface area contributed by atoms with E-state index >= 15 is 0 Å². The van der Waals surface area contributed by atoms with Gasteiger partial charge in [0, 0.05) is 0 Å². The van der Waals surface area contributed by atoms with Crippen LogP contribution in [-0.4, -0.2) is 168 Å². The van der Waals surface area contributed by atoms with Crippen LogP contribution >= 0.6 is 0 Å². The van der Waals surface area contributed by atoms with E-state index in [-0.39, 0.29) is 46.0 Å². The lowest BCUT2D eigenvalue weighted by molar-refractivity contribution is -0.366. The van der Waals surface area contributed by atoms with E-state index in [0.717, 1.165) is 44.9 Å². The number of carbonyl (C=O) groups excluding carboxylic acids is 1. The Morgan fingerprint density at radius 2 is 1.38 bits per heavy atom. The second-order valence-electron chi connectivity index (χ2n) is 23.1. The summed E-state index contributed by atoms with van der Waals surface area (Å²) in [7, 11) is 0. The number of carboxylic acid groups (broad SMARTS) is 1. The summed E-state index contributed by atoms with van der Waals surface area (Å²) in [6, 6.07) is 0. The maximum atomic E-state index is 14.7. The molecule has 65 heavy (non-hydrogen) atoms. The summed E-state index contributed by atoms with van der Waals surface area (Å²) in [5, 5.41) is 105. The predicted molar refractivity (Wildman–Crippen MR) is 225 cm³/mol. The van der Waals surface area contributed by atoms with Gasteiger partial charge in [-0.25, -0.2) is 4.79 Å². The van der Waals surface area contributed by atoms with Gasteiger partial charge in [-0.05, 0) is 109 Å². The molecular weight excluding hydrogens is 852 g/mol. The van der Waals surface area contributed by atoms with E-state index in [1.54, 1.807) is 0 Å². The fraction of sp³-hybridized carbons (Fsp3) is 0.915. The van der Waals surface area contributed by atoms with Crippen molar-refractivity contribution in [3.05, 3.63) is 11.6 Å². The Kier molecular flexibility index (Phi) is 13.1. The maximum Gasteiger partial charge on any atom is 0.335 e. The lowest BCUT2D eigenvalue weighted by atomic mass is 9.33. The molecule has 3 aliphatic heterocycles. The fourth-order valence-corrected chi connectivity index (χ4v) is 14.7. The number of aliphatic carboxylic acids is 1. The van der Waals surface area contributed by atoms with Crippen LogP contribution in [0, 0.1) is 50.2 Å². The van der Waals surface area contributed by atoms with Crippen LogP contribution < -0.4 is 0 Å². The minimum atomic E-state index is -1.92. The van der Waals surface area contributed by atoms with Crippen molar-refractivity contribution in [1.29, 1.82) is 0 Å². The third kappa shape index (κ3) is 7.76. The molecule has 0 amide bonds. The van der Waals surface area contributed by atoms with Crippen LogP contribution in [0.5, 0.6) is 0 Å². The van der Waals surface area contributed by atoms with Crippen LogP contribution in [-0.2, 0) is 38.0 Å². The summed E-state index contributed by atoms with van der Waals surface area (Å²) in [6.45, 7) is 14.9. The van der Waals surface area contributed by atoms with Crippen molar-refractivity contribution in [3.63, 3.8) is 0 Å². The Labute approximate surface area is 380 Å². The zero-order valence-electron chi connectivity index (χ0n) is 38.7. The number of ether oxygens (including phenoxy) is 6. The number of carboxylic acids is 1. The van der Waals surface area contributed by atoms with E-state index in [1.807, 2.05) is 0 Å². The van der Waals surface area contributed by atoms with Crippen molar-refractivity contribution in [2.45, 2.75) is 205 Å². The van der Waals surface area contributed by atoms with Crippen molar-refractivity contribution in [2.24, 2.45) is 50.2 Å². The molecule has 22 atom stereocenters. The smallest absolute Gasteiger partial charge is 0.335 e. The van der Waals surface area contributed by atoms with Gasteiger partial charge in [0.1, 0.15) is 61.0 Å². The number of aliphatic hydroxyl groups excluding tert-OH is 9. The van der Waals surface area contributed by atoms with Crippen molar-refractivity contribution >= 4 is 11.9 Å². The van der Waals surface area contributed by atoms with Crippen LogP contribution in [0.3, 0.4) is 0 Å². The van der Waals surface area contributed by atoms with E-state index < -0.39 is 121 Å². The summed E-state index contributed by atoms with van der Waals surface area (Å²) in [5.74, 6) is -1.83. The molecule has 0 unspecified atom stereocenters. The van der Waals surface area contributed by atoms with Crippen molar-refractivity contribution in [1.82, 2.24) is 0 Å². The molecule has 3 heterocycles. The zero-order chi connectivity index (χ0) is 47.6. The number of hydrogen-bond acceptors (Lipinski definition) is 17. The van der Waals surface area contributed by atoms with E-state index in [1.165, 1.54) is 5.57 Å².